The molecule has 0 saturated heterocycles. The number of amides is 1. The molecule has 0 aliphatic rings. The predicted molar refractivity (Wildman–Crippen MR) is 66.9 cm³/mol. The van der Waals surface area contributed by atoms with Crippen LogP contribution in [-0.2, 0) is 0 Å². The molecule has 1 aromatic heterocycles. The number of hydrogen-bond acceptors (Lipinski definition) is 5. The second-order valence-electron chi connectivity index (χ2n) is 4.02. The van der Waals surface area contributed by atoms with Crippen LogP contribution in [0.1, 0.15) is 31.3 Å². The van der Waals surface area contributed by atoms with E-state index in [9.17, 15) is 4.79 Å². The number of rotatable bonds is 4. The Bertz CT molecular complexity index is 330. The molecule has 1 amide bonds. The molecule has 5 nitrogen and oxygen atoms in total. The van der Waals surface area contributed by atoms with Gasteiger partial charge in [0, 0.05) is 6.54 Å². The Kier molecular flexibility index (Phi) is 5.85. The molecular formula is C9H17ClN4OS. The number of nitrogens with one attached hydrogen (secondary N) is 1. The molecule has 0 aromatic carbocycles. The first-order valence-corrected chi connectivity index (χ1v) is 5.53. The molecule has 0 aliphatic heterocycles. The third-order valence-electron chi connectivity index (χ3n) is 2.69. The second kappa shape index (κ2) is 6.12. The highest BCUT2D eigenvalue weighted by Gasteiger charge is 2.29. The molecule has 0 saturated carbocycles. The van der Waals surface area contributed by atoms with E-state index in [0.717, 1.165) is 11.7 Å². The van der Waals surface area contributed by atoms with Gasteiger partial charge in [0.1, 0.15) is 0 Å². The van der Waals surface area contributed by atoms with Crippen molar-refractivity contribution in [2.45, 2.75) is 26.3 Å². The minimum Gasteiger partial charge on any atom is -0.344 e. The van der Waals surface area contributed by atoms with Gasteiger partial charge in [0.2, 0.25) is 0 Å². The molecule has 16 heavy (non-hydrogen) atoms. The van der Waals surface area contributed by atoms with E-state index < -0.39 is 5.54 Å². The summed E-state index contributed by atoms with van der Waals surface area (Å²) in [6.45, 7) is 6.36. The first-order chi connectivity index (χ1) is 6.99. The third-order valence-corrected chi connectivity index (χ3v) is 3.17. The van der Waals surface area contributed by atoms with Crippen molar-refractivity contribution in [3.8, 4) is 0 Å². The number of aromatic nitrogens is 2. The Morgan fingerprint density at radius 1 is 1.69 bits per heavy atom. The molecule has 92 valence electrons. The van der Waals surface area contributed by atoms with E-state index in [1.165, 1.54) is 6.20 Å². The number of nitrogens with zero attached hydrogens (tertiary/aromatic N) is 2. The maximum atomic E-state index is 11.7. The Morgan fingerprint density at radius 2 is 2.31 bits per heavy atom. The van der Waals surface area contributed by atoms with Crippen LogP contribution in [0, 0.1) is 5.92 Å². The minimum absolute atomic E-state index is 0. The summed E-state index contributed by atoms with van der Waals surface area (Å²) in [7, 11) is 0. The molecule has 1 aromatic rings. The maximum absolute atomic E-state index is 11.7. The highest BCUT2D eigenvalue weighted by molar-refractivity contribution is 6.99. The molecule has 0 aliphatic carbocycles. The van der Waals surface area contributed by atoms with E-state index in [1.807, 2.05) is 20.8 Å². The molecule has 3 N–H and O–H groups in total. The molecule has 7 heteroatoms. The van der Waals surface area contributed by atoms with Crippen molar-refractivity contribution in [3.05, 3.63) is 11.9 Å². The van der Waals surface area contributed by atoms with Gasteiger partial charge in [0.15, 0.2) is 5.69 Å². The number of carbonyl (C=O) groups excluding carboxylic acids is 1. The summed E-state index contributed by atoms with van der Waals surface area (Å²) < 4.78 is 7.65. The van der Waals surface area contributed by atoms with Gasteiger partial charge in [0.25, 0.3) is 5.91 Å². The average Bonchev–Trinajstić information content (AvgIpc) is 2.70. The lowest BCUT2D eigenvalue weighted by Crippen LogP contribution is -2.55. The maximum Gasteiger partial charge on any atom is 0.273 e. The monoisotopic (exact) mass is 264 g/mol. The quantitative estimate of drug-likeness (QED) is 0.852. The van der Waals surface area contributed by atoms with E-state index in [1.54, 1.807) is 0 Å². The van der Waals surface area contributed by atoms with Crippen LogP contribution in [-0.4, -0.2) is 26.7 Å². The lowest BCUT2D eigenvalue weighted by atomic mass is 9.88. The largest absolute Gasteiger partial charge is 0.344 e. The normalized spacial score (nSPS) is 14.1. The third kappa shape index (κ3) is 3.40. The molecule has 1 heterocycles. The number of hydrogen-bond donors (Lipinski definition) is 2. The first kappa shape index (κ1) is 15.3. The summed E-state index contributed by atoms with van der Waals surface area (Å²) in [5, 5.41) is 2.89. The van der Waals surface area contributed by atoms with Gasteiger partial charge in [-0.3, -0.25) is 4.79 Å². The summed E-state index contributed by atoms with van der Waals surface area (Å²) in [6, 6.07) is 0. The van der Waals surface area contributed by atoms with Gasteiger partial charge in [-0.25, -0.2) is 0 Å². The molecule has 0 fully saturated rings. The van der Waals surface area contributed by atoms with Crippen LogP contribution in [0.15, 0.2) is 6.20 Å². The van der Waals surface area contributed by atoms with Crippen molar-refractivity contribution in [1.82, 2.24) is 14.1 Å². The summed E-state index contributed by atoms with van der Waals surface area (Å²) in [5.74, 6) is 0.0449. The Hall–Kier alpha value is -0.720. The predicted octanol–water partition coefficient (Wildman–Crippen LogP) is 1.06. The second-order valence-corrected chi connectivity index (χ2v) is 4.58. The summed E-state index contributed by atoms with van der Waals surface area (Å²) in [5.41, 5.74) is 5.61. The fourth-order valence-corrected chi connectivity index (χ4v) is 1.43. The summed E-state index contributed by atoms with van der Waals surface area (Å²) >= 11 is 1.02. The topological polar surface area (TPSA) is 80.9 Å². The number of halogens is 1. The molecule has 1 unspecified atom stereocenters. The lowest BCUT2D eigenvalue weighted by molar-refractivity contribution is 0.0879. The van der Waals surface area contributed by atoms with Crippen LogP contribution in [0.2, 0.25) is 0 Å². The average molecular weight is 265 g/mol. The molecule has 0 radical (unpaired) electrons. The van der Waals surface area contributed by atoms with Crippen LogP contribution in [0.4, 0.5) is 0 Å². The van der Waals surface area contributed by atoms with Crippen molar-refractivity contribution < 1.29 is 4.79 Å². The standard InChI is InChI=1S/C9H16N4OS.ClH/c1-6(2)9(3,5-10)12-8(14)7-4-11-15-13-7;/h4,6H,5,10H2,1-3H3,(H,12,14);1H. The molecule has 0 bridgehead atoms. The van der Waals surface area contributed by atoms with Gasteiger partial charge < -0.3 is 11.1 Å². The summed E-state index contributed by atoms with van der Waals surface area (Å²) in [4.78, 5) is 11.7. The smallest absolute Gasteiger partial charge is 0.273 e. The molecule has 0 spiro atoms. The van der Waals surface area contributed by atoms with Gasteiger partial charge in [-0.2, -0.15) is 8.75 Å². The highest BCUT2D eigenvalue weighted by atomic mass is 35.5. The fourth-order valence-electron chi connectivity index (χ4n) is 1.02. The SMILES string of the molecule is CC(C)C(C)(CN)NC(=O)c1cnsn1.Cl. The minimum atomic E-state index is -0.402. The van der Waals surface area contributed by atoms with Crippen LogP contribution < -0.4 is 11.1 Å². The highest BCUT2D eigenvalue weighted by Crippen LogP contribution is 2.15. The zero-order chi connectivity index (χ0) is 11.5. The Labute approximate surface area is 106 Å². The fraction of sp³-hybridized carbons (Fsp3) is 0.667. The van der Waals surface area contributed by atoms with Crippen molar-refractivity contribution in [3.63, 3.8) is 0 Å². The van der Waals surface area contributed by atoms with Crippen molar-refractivity contribution in [2.24, 2.45) is 11.7 Å². The van der Waals surface area contributed by atoms with Crippen molar-refractivity contribution in [2.75, 3.05) is 6.54 Å². The van der Waals surface area contributed by atoms with Crippen LogP contribution in [0.25, 0.3) is 0 Å². The van der Waals surface area contributed by atoms with Gasteiger partial charge in [-0.15, -0.1) is 12.4 Å². The zero-order valence-electron chi connectivity index (χ0n) is 9.56. The van der Waals surface area contributed by atoms with Crippen LogP contribution >= 0.6 is 24.1 Å². The number of nitrogens with two attached hydrogens (primary N) is 1. The molecule has 1 atom stereocenters. The van der Waals surface area contributed by atoms with Gasteiger partial charge in [0.05, 0.1) is 23.5 Å². The van der Waals surface area contributed by atoms with Crippen molar-refractivity contribution >= 4 is 30.0 Å². The van der Waals surface area contributed by atoms with E-state index in [-0.39, 0.29) is 24.2 Å². The van der Waals surface area contributed by atoms with Crippen molar-refractivity contribution in [1.29, 1.82) is 0 Å². The lowest BCUT2D eigenvalue weighted by Gasteiger charge is -2.33. The molecular weight excluding hydrogens is 248 g/mol. The summed E-state index contributed by atoms with van der Waals surface area (Å²) in [6.07, 6.45) is 1.46. The van der Waals surface area contributed by atoms with E-state index >= 15 is 0 Å². The zero-order valence-corrected chi connectivity index (χ0v) is 11.2. The Morgan fingerprint density at radius 3 is 2.69 bits per heavy atom. The van der Waals surface area contributed by atoms with Gasteiger partial charge in [-0.1, -0.05) is 13.8 Å². The molecule has 1 rings (SSSR count). The van der Waals surface area contributed by atoms with E-state index in [2.05, 4.69) is 14.1 Å². The number of carbonyl (C=O) groups is 1. The van der Waals surface area contributed by atoms with Crippen LogP contribution in [0.3, 0.4) is 0 Å². The van der Waals surface area contributed by atoms with E-state index in [4.69, 9.17) is 5.73 Å². The van der Waals surface area contributed by atoms with Gasteiger partial charge in [-0.05, 0) is 12.8 Å². The first-order valence-electron chi connectivity index (χ1n) is 4.79. The van der Waals surface area contributed by atoms with E-state index in [0.29, 0.717) is 12.2 Å². The van der Waals surface area contributed by atoms with Gasteiger partial charge >= 0.3 is 0 Å². The Balaban J connectivity index is 0.00000225. The van der Waals surface area contributed by atoms with Crippen LogP contribution in [0.5, 0.6) is 0 Å².